The maximum absolute atomic E-state index is 11.6. The van der Waals surface area contributed by atoms with E-state index in [1.54, 1.807) is 18.2 Å². The molecule has 7 nitrogen and oxygen atoms in total. The summed E-state index contributed by atoms with van der Waals surface area (Å²) in [5.41, 5.74) is 0.849. The summed E-state index contributed by atoms with van der Waals surface area (Å²) in [5.74, 6) is -0.389. The molecular weight excluding hydrogens is 248 g/mol. The quantitative estimate of drug-likeness (QED) is 0.497. The number of aromatic nitrogens is 2. The van der Waals surface area contributed by atoms with Crippen molar-refractivity contribution in [2.45, 2.75) is 0 Å². The van der Waals surface area contributed by atoms with E-state index in [2.05, 4.69) is 15.5 Å². The fraction of sp³-hybridized carbons (Fsp3) is 0. The second-order valence-corrected chi connectivity index (χ2v) is 3.63. The Balaban J connectivity index is 2.10. The molecule has 1 heterocycles. The monoisotopic (exact) mass is 258 g/mol. The van der Waals surface area contributed by atoms with E-state index < -0.39 is 4.92 Å². The number of rotatable bonds is 4. The van der Waals surface area contributed by atoms with Crippen LogP contribution >= 0.6 is 0 Å². The Hall–Kier alpha value is -2.96. The molecule has 2 rings (SSSR count). The van der Waals surface area contributed by atoms with Gasteiger partial charge >= 0.3 is 0 Å². The van der Waals surface area contributed by atoms with Crippen LogP contribution in [-0.2, 0) is 4.79 Å². The summed E-state index contributed by atoms with van der Waals surface area (Å²) in [7, 11) is 0. The number of amides is 1. The van der Waals surface area contributed by atoms with Gasteiger partial charge in [-0.15, -0.1) is 0 Å². The molecule has 0 aliphatic rings. The van der Waals surface area contributed by atoms with Gasteiger partial charge in [0.2, 0.25) is 5.91 Å². The molecule has 2 aromatic rings. The minimum absolute atomic E-state index is 0.0464. The van der Waals surface area contributed by atoms with Gasteiger partial charge in [0.1, 0.15) is 0 Å². The average molecular weight is 258 g/mol. The summed E-state index contributed by atoms with van der Waals surface area (Å²) in [4.78, 5) is 21.8. The molecule has 0 aliphatic heterocycles. The van der Waals surface area contributed by atoms with Gasteiger partial charge in [-0.25, -0.2) is 0 Å². The van der Waals surface area contributed by atoms with Gasteiger partial charge in [-0.3, -0.25) is 20.0 Å². The minimum atomic E-state index is -0.492. The Bertz CT molecular complexity index is 620. The Morgan fingerprint density at radius 3 is 2.89 bits per heavy atom. The molecule has 0 saturated carbocycles. The van der Waals surface area contributed by atoms with E-state index in [0.29, 0.717) is 11.3 Å². The summed E-state index contributed by atoms with van der Waals surface area (Å²) >= 11 is 0. The summed E-state index contributed by atoms with van der Waals surface area (Å²) in [6.07, 6.45) is 5.61. The number of carbonyl (C=O) groups is 1. The third-order valence-corrected chi connectivity index (χ3v) is 2.31. The maximum Gasteiger partial charge on any atom is 0.276 e. The SMILES string of the molecule is O=C(/C=C/c1ccccc1[N+](=O)[O-])Nc1cn[nH]c1. The summed E-state index contributed by atoms with van der Waals surface area (Å²) in [6, 6.07) is 6.19. The second kappa shape index (κ2) is 5.58. The van der Waals surface area contributed by atoms with E-state index in [1.807, 2.05) is 0 Å². The topological polar surface area (TPSA) is 101 Å². The Labute approximate surface area is 108 Å². The van der Waals surface area contributed by atoms with Crippen molar-refractivity contribution in [3.8, 4) is 0 Å². The molecule has 19 heavy (non-hydrogen) atoms. The van der Waals surface area contributed by atoms with E-state index in [1.165, 1.54) is 30.6 Å². The maximum atomic E-state index is 11.6. The van der Waals surface area contributed by atoms with E-state index in [4.69, 9.17) is 0 Å². The number of nitro benzene ring substituents is 1. The van der Waals surface area contributed by atoms with Crippen LogP contribution in [0.3, 0.4) is 0 Å². The number of para-hydroxylation sites is 1. The zero-order chi connectivity index (χ0) is 13.7. The lowest BCUT2D eigenvalue weighted by molar-refractivity contribution is -0.385. The summed E-state index contributed by atoms with van der Waals surface area (Å²) in [5, 5.41) is 19.6. The molecule has 0 radical (unpaired) electrons. The molecule has 0 atom stereocenters. The van der Waals surface area contributed by atoms with Crippen molar-refractivity contribution in [3.63, 3.8) is 0 Å². The van der Waals surface area contributed by atoms with Crippen LogP contribution in [0.15, 0.2) is 42.7 Å². The predicted octanol–water partition coefficient (Wildman–Crippen LogP) is 1.97. The molecule has 0 bridgehead atoms. The van der Waals surface area contributed by atoms with Gasteiger partial charge < -0.3 is 5.32 Å². The van der Waals surface area contributed by atoms with Crippen molar-refractivity contribution in [1.82, 2.24) is 10.2 Å². The molecule has 96 valence electrons. The lowest BCUT2D eigenvalue weighted by atomic mass is 10.1. The van der Waals surface area contributed by atoms with Crippen molar-refractivity contribution < 1.29 is 9.72 Å². The molecular formula is C12H10N4O3. The minimum Gasteiger partial charge on any atom is -0.320 e. The van der Waals surface area contributed by atoms with Gasteiger partial charge in [0.15, 0.2) is 0 Å². The van der Waals surface area contributed by atoms with Crippen LogP contribution < -0.4 is 5.32 Å². The first-order valence-corrected chi connectivity index (χ1v) is 5.38. The highest BCUT2D eigenvalue weighted by Crippen LogP contribution is 2.18. The Kier molecular flexibility index (Phi) is 3.67. The van der Waals surface area contributed by atoms with Crippen molar-refractivity contribution in [3.05, 3.63) is 58.4 Å². The van der Waals surface area contributed by atoms with Crippen LogP contribution in [0, 0.1) is 10.1 Å². The summed E-state index contributed by atoms with van der Waals surface area (Å²) < 4.78 is 0. The lowest BCUT2D eigenvalue weighted by Crippen LogP contribution is -2.06. The first-order chi connectivity index (χ1) is 9.16. The molecule has 0 unspecified atom stereocenters. The van der Waals surface area contributed by atoms with Crippen LogP contribution in [0.5, 0.6) is 0 Å². The van der Waals surface area contributed by atoms with Crippen LogP contribution in [0.1, 0.15) is 5.56 Å². The molecule has 7 heteroatoms. The lowest BCUT2D eigenvalue weighted by Gasteiger charge is -1.97. The molecule has 0 saturated heterocycles. The van der Waals surface area contributed by atoms with Crippen molar-refractivity contribution in [1.29, 1.82) is 0 Å². The highest BCUT2D eigenvalue weighted by Gasteiger charge is 2.09. The average Bonchev–Trinajstić information content (AvgIpc) is 2.89. The fourth-order valence-electron chi connectivity index (χ4n) is 1.46. The van der Waals surface area contributed by atoms with E-state index >= 15 is 0 Å². The fourth-order valence-corrected chi connectivity index (χ4v) is 1.46. The van der Waals surface area contributed by atoms with Crippen LogP contribution in [0.2, 0.25) is 0 Å². The van der Waals surface area contributed by atoms with Crippen LogP contribution in [0.25, 0.3) is 6.08 Å². The number of hydrogen-bond acceptors (Lipinski definition) is 4. The van der Waals surface area contributed by atoms with Crippen molar-refractivity contribution in [2.24, 2.45) is 0 Å². The number of benzene rings is 1. The normalized spacial score (nSPS) is 10.5. The molecule has 0 fully saturated rings. The standard InChI is InChI=1S/C12H10N4O3/c17-12(15-10-7-13-14-8-10)6-5-9-3-1-2-4-11(9)16(18)19/h1-8H,(H,13,14)(H,15,17)/b6-5+. The number of nitrogens with one attached hydrogen (secondary N) is 2. The smallest absolute Gasteiger partial charge is 0.276 e. The number of anilines is 1. The summed E-state index contributed by atoms with van der Waals surface area (Å²) in [6.45, 7) is 0. The van der Waals surface area contributed by atoms with Gasteiger partial charge in [-0.05, 0) is 12.1 Å². The highest BCUT2D eigenvalue weighted by atomic mass is 16.6. The third-order valence-electron chi connectivity index (χ3n) is 2.31. The van der Waals surface area contributed by atoms with Gasteiger partial charge in [0.25, 0.3) is 5.69 Å². The van der Waals surface area contributed by atoms with Gasteiger partial charge in [-0.1, -0.05) is 12.1 Å². The number of carbonyl (C=O) groups excluding carboxylic acids is 1. The highest BCUT2D eigenvalue weighted by molar-refractivity contribution is 6.02. The molecule has 0 spiro atoms. The Morgan fingerprint density at radius 1 is 1.42 bits per heavy atom. The number of H-pyrrole nitrogens is 1. The van der Waals surface area contributed by atoms with Gasteiger partial charge in [0.05, 0.1) is 22.4 Å². The number of aromatic amines is 1. The van der Waals surface area contributed by atoms with Crippen LogP contribution in [0.4, 0.5) is 11.4 Å². The molecule has 2 N–H and O–H groups in total. The number of nitrogens with zero attached hydrogens (tertiary/aromatic N) is 2. The van der Waals surface area contributed by atoms with E-state index in [9.17, 15) is 14.9 Å². The molecule has 1 amide bonds. The first-order valence-electron chi connectivity index (χ1n) is 5.38. The second-order valence-electron chi connectivity index (χ2n) is 3.63. The third kappa shape index (κ3) is 3.25. The van der Waals surface area contributed by atoms with E-state index in [0.717, 1.165) is 0 Å². The largest absolute Gasteiger partial charge is 0.320 e. The van der Waals surface area contributed by atoms with Crippen LogP contribution in [-0.4, -0.2) is 21.0 Å². The van der Waals surface area contributed by atoms with Crippen molar-refractivity contribution >= 4 is 23.4 Å². The van der Waals surface area contributed by atoms with Gasteiger partial charge in [-0.2, -0.15) is 5.10 Å². The van der Waals surface area contributed by atoms with Crippen molar-refractivity contribution in [2.75, 3.05) is 5.32 Å². The molecule has 0 aliphatic carbocycles. The molecule has 1 aromatic heterocycles. The molecule has 1 aromatic carbocycles. The van der Waals surface area contributed by atoms with Gasteiger partial charge in [0, 0.05) is 18.3 Å². The predicted molar refractivity (Wildman–Crippen MR) is 69.3 cm³/mol. The number of nitro groups is 1. The zero-order valence-electron chi connectivity index (χ0n) is 9.74. The first kappa shape index (κ1) is 12.5. The Morgan fingerprint density at radius 2 is 2.21 bits per heavy atom. The zero-order valence-corrected chi connectivity index (χ0v) is 9.74. The number of hydrogen-bond donors (Lipinski definition) is 2. The van der Waals surface area contributed by atoms with E-state index in [-0.39, 0.29) is 11.6 Å².